The van der Waals surface area contributed by atoms with Crippen LogP contribution in [0.25, 0.3) is 0 Å². The van der Waals surface area contributed by atoms with Crippen molar-refractivity contribution in [3.63, 3.8) is 0 Å². The smallest absolute Gasteiger partial charge is 1.00 e. The van der Waals surface area contributed by atoms with Crippen molar-refractivity contribution < 1.29 is 98.1 Å². The van der Waals surface area contributed by atoms with Gasteiger partial charge < -0.3 is 13.1 Å². The molecule has 0 aromatic rings. The van der Waals surface area contributed by atoms with E-state index in [4.69, 9.17) is 19.3 Å². The molecule has 0 bridgehead atoms. The minimum absolute atomic E-state index is 0. The Morgan fingerprint density at radius 2 is 1.44 bits per heavy atom. The molecule has 0 heterocycles. The molecule has 4 N–H and O–H groups in total. The third-order valence-electron chi connectivity index (χ3n) is 1.37. The third kappa shape index (κ3) is 9.74. The summed E-state index contributed by atoms with van der Waals surface area (Å²) in [4.78, 5) is 0. The fourth-order valence-electron chi connectivity index (χ4n) is 0.721. The predicted molar refractivity (Wildman–Crippen MR) is 47.1 cm³/mol. The first-order chi connectivity index (χ1) is 6.08. The summed E-state index contributed by atoms with van der Waals surface area (Å²) in [6.45, 7) is -1.06. The summed E-state index contributed by atoms with van der Waals surface area (Å²) < 4.78 is 58.4. The zero-order valence-corrected chi connectivity index (χ0v) is 14.4. The van der Waals surface area contributed by atoms with E-state index in [1.165, 1.54) is 0 Å². The average molecular weight is 298 g/mol. The van der Waals surface area contributed by atoms with Gasteiger partial charge in [-0.2, -0.15) is 16.8 Å². The largest absolute Gasteiger partial charge is 1.00 e. The van der Waals surface area contributed by atoms with E-state index in [0.717, 1.165) is 0 Å². The standard InChI is InChI=1S/C4H10O8S2.2Na.2H/c5-1-3(6)4(14(10,11)12)2-13(7,8)9;;;;/h3-6H,1-2H2,(H,7,8,9)(H,10,11,12);;;;/q;2*+1;2*-1. The summed E-state index contributed by atoms with van der Waals surface area (Å²) in [5.74, 6) is -1.38. The molecule has 0 aromatic heterocycles. The van der Waals surface area contributed by atoms with Crippen LogP contribution in [0.1, 0.15) is 2.85 Å². The Bertz CT molecular complexity index is 384. The maximum absolute atomic E-state index is 10.5. The van der Waals surface area contributed by atoms with Crippen LogP contribution in [0, 0.1) is 0 Å². The first-order valence-electron chi connectivity index (χ1n) is 3.28. The van der Waals surface area contributed by atoms with Crippen molar-refractivity contribution in [2.75, 3.05) is 12.4 Å². The van der Waals surface area contributed by atoms with Crippen molar-refractivity contribution >= 4 is 20.2 Å². The van der Waals surface area contributed by atoms with Crippen LogP contribution in [-0.2, 0) is 20.2 Å². The monoisotopic (exact) mass is 298 g/mol. The van der Waals surface area contributed by atoms with Crippen molar-refractivity contribution in [1.29, 1.82) is 0 Å². The second-order valence-electron chi connectivity index (χ2n) is 2.55. The molecule has 0 aliphatic rings. The normalized spacial score (nSPS) is 15.5. The van der Waals surface area contributed by atoms with Gasteiger partial charge in [0, 0.05) is 0 Å². The fourth-order valence-corrected chi connectivity index (χ4v) is 3.04. The van der Waals surface area contributed by atoms with Crippen LogP contribution in [0.2, 0.25) is 0 Å². The molecule has 90 valence electrons. The summed E-state index contributed by atoms with van der Waals surface area (Å²) >= 11 is 0. The van der Waals surface area contributed by atoms with E-state index in [2.05, 4.69) is 0 Å². The molecule has 0 saturated heterocycles. The fraction of sp³-hybridized carbons (Fsp3) is 1.00. The van der Waals surface area contributed by atoms with Crippen LogP contribution in [-0.4, -0.2) is 59.9 Å². The maximum Gasteiger partial charge on any atom is 1.00 e. The van der Waals surface area contributed by atoms with Crippen molar-refractivity contribution in [1.82, 2.24) is 0 Å². The number of rotatable bonds is 5. The second kappa shape index (κ2) is 8.77. The Kier molecular flexibility index (Phi) is 12.5. The Balaban J connectivity index is -0.000000141. The maximum atomic E-state index is 10.5. The molecule has 2 unspecified atom stereocenters. The van der Waals surface area contributed by atoms with E-state index in [1.54, 1.807) is 0 Å². The molecule has 0 aromatic carbocycles. The van der Waals surface area contributed by atoms with Crippen LogP contribution < -0.4 is 59.1 Å². The van der Waals surface area contributed by atoms with Crippen LogP contribution >= 0.6 is 0 Å². The summed E-state index contributed by atoms with van der Waals surface area (Å²) in [5.41, 5.74) is 0. The van der Waals surface area contributed by atoms with Gasteiger partial charge in [-0.1, -0.05) is 0 Å². The second-order valence-corrected chi connectivity index (χ2v) is 5.68. The first-order valence-corrected chi connectivity index (χ1v) is 6.39. The molecule has 2 atom stereocenters. The number of hydrogen-bond acceptors (Lipinski definition) is 6. The Morgan fingerprint density at radius 3 is 1.62 bits per heavy atom. The van der Waals surface area contributed by atoms with Crippen LogP contribution in [0.3, 0.4) is 0 Å². The van der Waals surface area contributed by atoms with Gasteiger partial charge in [0.2, 0.25) is 0 Å². The summed E-state index contributed by atoms with van der Waals surface area (Å²) in [5, 5.41) is 15.1. The van der Waals surface area contributed by atoms with Gasteiger partial charge in [-0.15, -0.1) is 0 Å². The molecule has 0 aliphatic heterocycles. The van der Waals surface area contributed by atoms with Crippen molar-refractivity contribution in [3.8, 4) is 0 Å². The van der Waals surface area contributed by atoms with Gasteiger partial charge in [0.25, 0.3) is 20.2 Å². The van der Waals surface area contributed by atoms with E-state index >= 15 is 0 Å². The van der Waals surface area contributed by atoms with E-state index in [1.807, 2.05) is 0 Å². The van der Waals surface area contributed by atoms with Crippen LogP contribution in [0.15, 0.2) is 0 Å². The molecule has 0 rings (SSSR count). The average Bonchev–Trinajstić information content (AvgIpc) is 1.95. The first kappa shape index (κ1) is 22.9. The summed E-state index contributed by atoms with van der Waals surface area (Å²) in [7, 11) is -9.53. The van der Waals surface area contributed by atoms with Crippen LogP contribution in [0.5, 0.6) is 0 Å². The van der Waals surface area contributed by atoms with Crippen molar-refractivity contribution in [3.05, 3.63) is 0 Å². The molecule has 0 spiro atoms. The van der Waals surface area contributed by atoms with Gasteiger partial charge in [-0.05, 0) is 0 Å². The Hall–Kier alpha value is 1.74. The van der Waals surface area contributed by atoms with Gasteiger partial charge in [0.1, 0.15) is 5.25 Å². The number of hydrogen-bond donors (Lipinski definition) is 4. The molecule has 0 fully saturated rings. The van der Waals surface area contributed by atoms with E-state index < -0.39 is 43.9 Å². The van der Waals surface area contributed by atoms with Gasteiger partial charge in [-0.25, -0.2) is 0 Å². The number of aliphatic hydroxyl groups excluding tert-OH is 2. The quantitative estimate of drug-likeness (QED) is 0.289. The molecule has 0 aliphatic carbocycles. The summed E-state index contributed by atoms with van der Waals surface area (Å²) in [6.07, 6.45) is -1.98. The van der Waals surface area contributed by atoms with E-state index in [9.17, 15) is 16.8 Å². The van der Waals surface area contributed by atoms with Crippen molar-refractivity contribution in [2.24, 2.45) is 0 Å². The zero-order chi connectivity index (χ0) is 11.6. The van der Waals surface area contributed by atoms with Gasteiger partial charge in [0.05, 0.1) is 18.5 Å². The molecule has 16 heavy (non-hydrogen) atoms. The Morgan fingerprint density at radius 1 is 1.06 bits per heavy atom. The minimum Gasteiger partial charge on any atom is -1.00 e. The van der Waals surface area contributed by atoms with Crippen LogP contribution in [0.4, 0.5) is 0 Å². The number of aliphatic hydroxyl groups is 2. The van der Waals surface area contributed by atoms with Gasteiger partial charge in [0.15, 0.2) is 0 Å². The zero-order valence-electron chi connectivity index (χ0n) is 10.8. The van der Waals surface area contributed by atoms with Crippen molar-refractivity contribution in [2.45, 2.75) is 11.4 Å². The molecular formula is C4H12Na2O8S2. The van der Waals surface area contributed by atoms with E-state index in [-0.39, 0.29) is 62.0 Å². The molecular weight excluding hydrogens is 286 g/mol. The minimum atomic E-state index is -4.86. The molecule has 8 nitrogen and oxygen atoms in total. The molecule has 0 saturated carbocycles. The molecule has 0 radical (unpaired) electrons. The molecule has 0 amide bonds. The van der Waals surface area contributed by atoms with E-state index in [0.29, 0.717) is 0 Å². The van der Waals surface area contributed by atoms with Gasteiger partial charge in [-0.3, -0.25) is 9.11 Å². The molecule has 12 heteroatoms. The summed E-state index contributed by atoms with van der Waals surface area (Å²) in [6, 6.07) is 0. The van der Waals surface area contributed by atoms with Gasteiger partial charge >= 0.3 is 59.1 Å². The third-order valence-corrected chi connectivity index (χ3v) is 3.61. The Labute approximate surface area is 140 Å². The SMILES string of the molecule is O=S(=O)(O)CC(C(O)CO)S(=O)(=O)O.[H-].[H-].[Na+].[Na+]. The topological polar surface area (TPSA) is 149 Å². The predicted octanol–water partition coefficient (Wildman–Crippen LogP) is -8.28.